The van der Waals surface area contributed by atoms with Crippen molar-refractivity contribution in [1.82, 2.24) is 13.7 Å². The second kappa shape index (κ2) is 17.8. The highest BCUT2D eigenvalue weighted by atomic mass is 16.5. The Morgan fingerprint density at radius 1 is 0.286 bits per heavy atom. The van der Waals surface area contributed by atoms with Crippen LogP contribution < -0.4 is 25.9 Å². The molecule has 6 heteroatoms. The van der Waals surface area contributed by atoms with Crippen LogP contribution in [0.1, 0.15) is 158 Å². The van der Waals surface area contributed by atoms with Crippen LogP contribution in [0.5, 0.6) is 23.0 Å². The van der Waals surface area contributed by atoms with Crippen molar-refractivity contribution in [2.75, 3.05) is 0 Å². The lowest BCUT2D eigenvalue weighted by Gasteiger charge is -2.35. The maximum atomic E-state index is 7.35. The molecule has 0 radical (unpaired) electrons. The number of fused-ring (bicyclic) bond motifs is 13. The zero-order chi connectivity index (χ0) is 59.3. The zero-order valence-electron chi connectivity index (χ0n) is 52.7. The summed E-state index contributed by atoms with van der Waals surface area (Å²) < 4.78 is 22.3. The Labute approximate surface area is 497 Å². The standard InChI is InChI=1S/C78H80BN3O2/c1-73(2,3)45-25-31-60-54(37-45)55-38-46(74(4,5)6)26-32-61(55)81(60)64-23-19-21-52-53-22-20-24-65(82-62-33-27-47(75(7,8)9)39-56(62)57-40-48(76(10,11)12)28-34-63(57)82)72(53)80(71(52)64)51-43-68-70-69(44-51)84-67-36-30-50(78(16,17)18)42-59(67)79(70)58-41-49(77(13,14)15)29-35-66(58)83-68/h19-44H,1-18H3. The molecule has 3 aromatic heterocycles. The van der Waals surface area contributed by atoms with Gasteiger partial charge in [-0.05, 0) is 150 Å². The fourth-order valence-corrected chi connectivity index (χ4v) is 13.7. The number of nitrogens with zero attached hydrogens (tertiary/aromatic N) is 3. The first-order chi connectivity index (χ1) is 39.4. The van der Waals surface area contributed by atoms with Crippen molar-refractivity contribution >= 4 is 88.5 Å². The lowest BCUT2D eigenvalue weighted by atomic mass is 9.34. The maximum absolute atomic E-state index is 7.35. The molecule has 0 saturated heterocycles. The van der Waals surface area contributed by atoms with E-state index in [1.807, 2.05) is 0 Å². The fraction of sp³-hybridized carbons (Fsp3) is 0.308. The van der Waals surface area contributed by atoms with Crippen LogP contribution in [0.4, 0.5) is 0 Å². The summed E-state index contributed by atoms with van der Waals surface area (Å²) >= 11 is 0. The first-order valence-electron chi connectivity index (χ1n) is 30.5. The number of hydrogen-bond acceptors (Lipinski definition) is 2. The lowest BCUT2D eigenvalue weighted by Crippen LogP contribution is -2.57. The highest BCUT2D eigenvalue weighted by Crippen LogP contribution is 2.48. The number of aromatic nitrogens is 3. The van der Waals surface area contributed by atoms with Gasteiger partial charge in [-0.3, -0.25) is 0 Å². The Bertz CT molecular complexity index is 4340. The molecule has 84 heavy (non-hydrogen) atoms. The highest BCUT2D eigenvalue weighted by Gasteiger charge is 2.42. The van der Waals surface area contributed by atoms with Gasteiger partial charge >= 0.3 is 0 Å². The number of rotatable bonds is 3. The van der Waals surface area contributed by atoms with Gasteiger partial charge in [0.1, 0.15) is 23.0 Å². The molecule has 0 spiro atoms. The summed E-state index contributed by atoms with van der Waals surface area (Å²) in [4.78, 5) is 0. The summed E-state index contributed by atoms with van der Waals surface area (Å²) in [7, 11) is 0. The van der Waals surface area contributed by atoms with Crippen molar-refractivity contribution in [3.8, 4) is 40.1 Å². The second-order valence-corrected chi connectivity index (χ2v) is 30.8. The van der Waals surface area contributed by atoms with Crippen molar-refractivity contribution < 1.29 is 9.47 Å². The average Bonchev–Trinajstić information content (AvgIpc) is 1.44. The maximum Gasteiger partial charge on any atom is 0.260 e. The molecule has 0 aliphatic carbocycles. The summed E-state index contributed by atoms with van der Waals surface area (Å²) in [5, 5.41) is 7.34. The molecule has 2 aliphatic rings. The van der Waals surface area contributed by atoms with Gasteiger partial charge in [0.05, 0.1) is 50.2 Å². The van der Waals surface area contributed by atoms with Crippen molar-refractivity contribution in [2.45, 2.75) is 157 Å². The third kappa shape index (κ3) is 8.31. The topological polar surface area (TPSA) is 33.2 Å². The molecule has 0 bridgehead atoms. The van der Waals surface area contributed by atoms with Gasteiger partial charge in [0.2, 0.25) is 0 Å². The van der Waals surface area contributed by atoms with Crippen LogP contribution in [-0.4, -0.2) is 20.4 Å². The molecule has 0 saturated carbocycles. The van der Waals surface area contributed by atoms with Gasteiger partial charge in [-0.25, -0.2) is 0 Å². The van der Waals surface area contributed by atoms with Crippen LogP contribution in [0.2, 0.25) is 0 Å². The molecule has 0 fully saturated rings. The summed E-state index contributed by atoms with van der Waals surface area (Å²) in [5.41, 5.74) is 21.0. The number of para-hydroxylation sites is 2. The summed E-state index contributed by atoms with van der Waals surface area (Å²) in [6, 6.07) is 60.9. The van der Waals surface area contributed by atoms with E-state index in [1.54, 1.807) is 0 Å². The molecule has 5 nitrogen and oxygen atoms in total. The number of benzene rings is 9. The molecule has 14 rings (SSSR count). The molecule has 9 aromatic carbocycles. The number of ether oxygens (including phenoxy) is 2. The predicted octanol–water partition coefficient (Wildman–Crippen LogP) is 19.5. The molecular weight excluding hydrogens is 1020 g/mol. The van der Waals surface area contributed by atoms with E-state index < -0.39 is 0 Å². The molecule has 2 aliphatic heterocycles. The van der Waals surface area contributed by atoms with Crippen molar-refractivity contribution in [1.29, 1.82) is 0 Å². The monoisotopic (exact) mass is 1100 g/mol. The third-order valence-corrected chi connectivity index (χ3v) is 18.7. The molecule has 0 amide bonds. The van der Waals surface area contributed by atoms with Gasteiger partial charge in [-0.2, -0.15) is 0 Å². The van der Waals surface area contributed by atoms with Crippen molar-refractivity contribution in [3.05, 3.63) is 191 Å². The van der Waals surface area contributed by atoms with Gasteiger partial charge in [-0.15, -0.1) is 0 Å². The van der Waals surface area contributed by atoms with E-state index in [4.69, 9.17) is 9.47 Å². The average molecular weight is 1100 g/mol. The minimum Gasteiger partial charge on any atom is -0.458 e. The van der Waals surface area contributed by atoms with Crippen LogP contribution in [0.25, 0.3) is 82.5 Å². The van der Waals surface area contributed by atoms with Gasteiger partial charge in [0.25, 0.3) is 6.71 Å². The Morgan fingerprint density at radius 3 is 0.893 bits per heavy atom. The third-order valence-electron chi connectivity index (χ3n) is 18.7. The minimum absolute atomic E-state index is 0.0385. The smallest absolute Gasteiger partial charge is 0.260 e. The quantitative estimate of drug-likeness (QED) is 0.165. The Kier molecular flexibility index (Phi) is 11.4. The highest BCUT2D eigenvalue weighted by molar-refractivity contribution is 6.98. The molecule has 0 atom stereocenters. The van der Waals surface area contributed by atoms with Crippen molar-refractivity contribution in [3.63, 3.8) is 0 Å². The van der Waals surface area contributed by atoms with Crippen LogP contribution in [0, 0.1) is 0 Å². The van der Waals surface area contributed by atoms with E-state index in [1.165, 1.54) is 87.9 Å². The fourth-order valence-electron chi connectivity index (χ4n) is 13.7. The predicted molar refractivity (Wildman–Crippen MR) is 359 cm³/mol. The van der Waals surface area contributed by atoms with Gasteiger partial charge in [0, 0.05) is 49.9 Å². The normalized spacial score (nSPS) is 14.0. The van der Waals surface area contributed by atoms with E-state index >= 15 is 0 Å². The van der Waals surface area contributed by atoms with Crippen LogP contribution in [-0.2, 0) is 32.5 Å². The Balaban J connectivity index is 1.13. The van der Waals surface area contributed by atoms with E-state index in [2.05, 4.69) is 296 Å². The van der Waals surface area contributed by atoms with E-state index in [0.29, 0.717) is 0 Å². The Morgan fingerprint density at radius 2 is 0.583 bits per heavy atom. The lowest BCUT2D eigenvalue weighted by molar-refractivity contribution is 0.463. The summed E-state index contributed by atoms with van der Waals surface area (Å²) in [5.74, 6) is 3.38. The zero-order valence-corrected chi connectivity index (χ0v) is 52.7. The van der Waals surface area contributed by atoms with Gasteiger partial charge < -0.3 is 23.2 Å². The molecule has 0 unspecified atom stereocenters. The van der Waals surface area contributed by atoms with E-state index in [9.17, 15) is 0 Å². The van der Waals surface area contributed by atoms with Crippen LogP contribution in [0.15, 0.2) is 158 Å². The van der Waals surface area contributed by atoms with Crippen molar-refractivity contribution in [2.24, 2.45) is 0 Å². The summed E-state index contributed by atoms with van der Waals surface area (Å²) in [6.07, 6.45) is 0. The van der Waals surface area contributed by atoms with Gasteiger partial charge in [0.15, 0.2) is 0 Å². The van der Waals surface area contributed by atoms with Gasteiger partial charge in [-0.1, -0.05) is 197 Å². The first-order valence-corrected chi connectivity index (χ1v) is 30.5. The minimum atomic E-state index is -0.104. The Hall–Kier alpha value is -7.96. The SMILES string of the molecule is CC(C)(C)c1ccc2c(c1)B1c3cc(C(C)(C)C)ccc3Oc3cc(-n4c5c(-n6c7ccc(C(C)(C)C)cc7c7cc(C(C)(C)C)ccc76)cccc5c5cccc(-n6c7ccc(C(C)(C)C)cc7c7cc(C(C)(C)C)ccc76)c54)cc(c31)O2. The molecular formula is C78H80BN3O2. The first kappa shape index (κ1) is 54.0. The van der Waals surface area contributed by atoms with E-state index in [0.717, 1.165) is 67.3 Å². The number of hydrogen-bond donors (Lipinski definition) is 0. The summed E-state index contributed by atoms with van der Waals surface area (Å²) in [6.45, 7) is 41.5. The molecule has 0 N–H and O–H groups in total. The van der Waals surface area contributed by atoms with Crippen LogP contribution >= 0.6 is 0 Å². The van der Waals surface area contributed by atoms with Crippen LogP contribution in [0.3, 0.4) is 0 Å². The molecule has 5 heterocycles. The molecule has 12 aromatic rings. The van der Waals surface area contributed by atoms with E-state index in [-0.39, 0.29) is 39.2 Å². The molecule has 422 valence electrons. The second-order valence-electron chi connectivity index (χ2n) is 30.8. The largest absolute Gasteiger partial charge is 0.458 e.